The summed E-state index contributed by atoms with van der Waals surface area (Å²) in [5, 5.41) is 0. The van der Waals surface area contributed by atoms with E-state index in [2.05, 4.69) is 0 Å². The third-order valence-corrected chi connectivity index (χ3v) is 6.95. The second-order valence-corrected chi connectivity index (χ2v) is 9.37. The molecule has 0 bridgehead atoms. The molecule has 31 heavy (non-hydrogen) atoms. The predicted octanol–water partition coefficient (Wildman–Crippen LogP) is 2.53. The normalized spacial score (nSPS) is 27.1. The largest absolute Gasteiger partial charge is 0.484 e. The third kappa shape index (κ3) is 4.76. The number of carbonyl (C=O) groups excluding carboxylic acids is 3. The van der Waals surface area contributed by atoms with E-state index in [0.29, 0.717) is 37.5 Å². The molecule has 2 amide bonds. The molecule has 0 radical (unpaired) electrons. The first-order chi connectivity index (χ1) is 14.8. The Kier molecular flexibility index (Phi) is 6.06. The molecule has 2 saturated heterocycles. The fraction of sp³-hybridized carbons (Fsp3) is 0.625. The van der Waals surface area contributed by atoms with Crippen molar-refractivity contribution >= 4 is 17.6 Å². The first-order valence-corrected chi connectivity index (χ1v) is 11.2. The molecule has 2 aliphatic heterocycles. The maximum atomic E-state index is 13.0. The zero-order chi connectivity index (χ0) is 22.2. The maximum Gasteiger partial charge on any atom is 0.260 e. The first-order valence-electron chi connectivity index (χ1n) is 11.2. The number of nitrogens with zero attached hydrogens (tertiary/aromatic N) is 2. The summed E-state index contributed by atoms with van der Waals surface area (Å²) in [6, 6.07) is 6.83. The number of ketones is 1. The van der Waals surface area contributed by atoms with Crippen molar-refractivity contribution in [2.24, 2.45) is 11.3 Å². The van der Waals surface area contributed by atoms with E-state index >= 15 is 0 Å². The molecule has 1 saturated carbocycles. The van der Waals surface area contributed by atoms with Crippen molar-refractivity contribution in [3.63, 3.8) is 0 Å². The topological polar surface area (TPSA) is 76.2 Å². The number of Topliss-reactive ketones (excluding diaryl/α,β-unsaturated/α-hetero) is 1. The van der Waals surface area contributed by atoms with E-state index in [4.69, 9.17) is 9.47 Å². The monoisotopic (exact) mass is 428 g/mol. The van der Waals surface area contributed by atoms with E-state index in [1.165, 1.54) is 6.92 Å². The molecule has 2 heterocycles. The molecule has 3 atom stereocenters. The number of hydrogen-bond acceptors (Lipinski definition) is 5. The Morgan fingerprint density at radius 1 is 1.03 bits per heavy atom. The molecule has 4 rings (SSSR count). The van der Waals surface area contributed by atoms with Gasteiger partial charge in [0.2, 0.25) is 5.91 Å². The lowest BCUT2D eigenvalue weighted by atomic mass is 9.90. The van der Waals surface area contributed by atoms with E-state index in [1.807, 2.05) is 23.6 Å². The molecule has 0 unspecified atom stereocenters. The van der Waals surface area contributed by atoms with Gasteiger partial charge in [0.15, 0.2) is 12.4 Å². The van der Waals surface area contributed by atoms with Gasteiger partial charge in [-0.05, 0) is 69.7 Å². The lowest BCUT2D eigenvalue weighted by molar-refractivity contribution is -0.145. The number of amides is 2. The van der Waals surface area contributed by atoms with Crippen LogP contribution in [0.2, 0.25) is 0 Å². The second kappa shape index (κ2) is 8.61. The Labute approximate surface area is 183 Å². The van der Waals surface area contributed by atoms with Crippen LogP contribution in [0.25, 0.3) is 0 Å². The van der Waals surface area contributed by atoms with Crippen LogP contribution in [0.1, 0.15) is 50.4 Å². The molecule has 168 valence electrons. The van der Waals surface area contributed by atoms with Crippen LogP contribution >= 0.6 is 0 Å². The molecular weight excluding hydrogens is 396 g/mol. The highest BCUT2D eigenvalue weighted by molar-refractivity contribution is 5.94. The van der Waals surface area contributed by atoms with Crippen molar-refractivity contribution < 1.29 is 23.9 Å². The number of likely N-dealkylation sites (tertiary alicyclic amines) is 1. The minimum atomic E-state index is -0.0372. The number of benzene rings is 1. The summed E-state index contributed by atoms with van der Waals surface area (Å²) in [4.78, 5) is 40.7. The van der Waals surface area contributed by atoms with Gasteiger partial charge >= 0.3 is 0 Å². The highest BCUT2D eigenvalue weighted by Crippen LogP contribution is 2.60. The average molecular weight is 429 g/mol. The van der Waals surface area contributed by atoms with Gasteiger partial charge in [-0.2, -0.15) is 0 Å². The van der Waals surface area contributed by atoms with Crippen LogP contribution in [0.15, 0.2) is 24.3 Å². The van der Waals surface area contributed by atoms with Gasteiger partial charge in [0.1, 0.15) is 5.75 Å². The van der Waals surface area contributed by atoms with Gasteiger partial charge in [0.05, 0.1) is 12.2 Å². The minimum Gasteiger partial charge on any atom is -0.484 e. The first kappa shape index (κ1) is 21.8. The molecule has 1 aromatic rings. The summed E-state index contributed by atoms with van der Waals surface area (Å²) in [6.45, 7) is 8.22. The van der Waals surface area contributed by atoms with Crippen LogP contribution < -0.4 is 4.74 Å². The van der Waals surface area contributed by atoms with Crippen LogP contribution in [0.4, 0.5) is 0 Å². The van der Waals surface area contributed by atoms with Crippen molar-refractivity contribution in [1.29, 1.82) is 0 Å². The molecule has 1 spiro atoms. The van der Waals surface area contributed by atoms with E-state index in [1.54, 1.807) is 24.3 Å². The van der Waals surface area contributed by atoms with Crippen molar-refractivity contribution in [3.8, 4) is 5.75 Å². The average Bonchev–Trinajstić information content (AvgIpc) is 3.44. The molecule has 1 aliphatic carbocycles. The predicted molar refractivity (Wildman–Crippen MR) is 115 cm³/mol. The fourth-order valence-electron chi connectivity index (χ4n) is 5.05. The Balaban J connectivity index is 1.24. The highest BCUT2D eigenvalue weighted by atomic mass is 16.5. The summed E-state index contributed by atoms with van der Waals surface area (Å²) in [6.07, 6.45) is 2.85. The minimum absolute atomic E-state index is 0.000576. The molecule has 7 heteroatoms. The van der Waals surface area contributed by atoms with Gasteiger partial charge in [0.25, 0.3) is 5.91 Å². The highest BCUT2D eigenvalue weighted by Gasteiger charge is 2.59. The number of morpholine rings is 1. The SMILES string of the molecule is CC(=O)c1ccc(OCC(=O)N2CCC3(CC2)C[C@H]3C(=O)N2C[C@@H](C)O[C@@H](C)C2)cc1. The molecule has 3 aliphatic rings. The van der Waals surface area contributed by atoms with Crippen LogP contribution in [-0.2, 0) is 14.3 Å². The van der Waals surface area contributed by atoms with E-state index in [9.17, 15) is 14.4 Å². The second-order valence-electron chi connectivity index (χ2n) is 9.37. The van der Waals surface area contributed by atoms with Crippen molar-refractivity contribution in [2.45, 2.75) is 52.2 Å². The summed E-state index contributed by atoms with van der Waals surface area (Å²) < 4.78 is 11.4. The zero-order valence-electron chi connectivity index (χ0n) is 18.6. The van der Waals surface area contributed by atoms with Crippen LogP contribution in [0.5, 0.6) is 5.75 Å². The Bertz CT molecular complexity index is 834. The van der Waals surface area contributed by atoms with Gasteiger partial charge < -0.3 is 19.3 Å². The lowest BCUT2D eigenvalue weighted by Crippen LogP contribution is -2.49. The zero-order valence-corrected chi connectivity index (χ0v) is 18.6. The molecule has 7 nitrogen and oxygen atoms in total. The van der Waals surface area contributed by atoms with E-state index in [-0.39, 0.29) is 47.7 Å². The van der Waals surface area contributed by atoms with Crippen LogP contribution in [0, 0.1) is 11.3 Å². The smallest absolute Gasteiger partial charge is 0.260 e. The summed E-state index contributed by atoms with van der Waals surface area (Å²) in [5.41, 5.74) is 0.691. The number of rotatable bonds is 5. The molecular formula is C24H32N2O5. The van der Waals surface area contributed by atoms with Crippen LogP contribution in [-0.4, -0.2) is 72.4 Å². The van der Waals surface area contributed by atoms with Gasteiger partial charge in [-0.15, -0.1) is 0 Å². The Morgan fingerprint density at radius 2 is 1.65 bits per heavy atom. The van der Waals surface area contributed by atoms with Crippen molar-refractivity contribution in [2.75, 3.05) is 32.8 Å². The number of ether oxygens (including phenoxy) is 2. The Hall–Kier alpha value is -2.41. The van der Waals surface area contributed by atoms with Crippen molar-refractivity contribution in [3.05, 3.63) is 29.8 Å². The Morgan fingerprint density at radius 3 is 2.23 bits per heavy atom. The summed E-state index contributed by atoms with van der Waals surface area (Å²) in [7, 11) is 0. The van der Waals surface area contributed by atoms with Gasteiger partial charge in [0, 0.05) is 37.7 Å². The molecule has 3 fully saturated rings. The number of piperidine rings is 1. The quantitative estimate of drug-likeness (QED) is 0.674. The van der Waals surface area contributed by atoms with Gasteiger partial charge in [-0.25, -0.2) is 0 Å². The number of carbonyl (C=O) groups is 3. The number of hydrogen-bond donors (Lipinski definition) is 0. The fourth-order valence-corrected chi connectivity index (χ4v) is 5.05. The third-order valence-electron chi connectivity index (χ3n) is 6.95. The molecule has 0 aromatic heterocycles. The molecule has 0 N–H and O–H groups in total. The van der Waals surface area contributed by atoms with Gasteiger partial charge in [-0.1, -0.05) is 0 Å². The molecule has 1 aromatic carbocycles. The summed E-state index contributed by atoms with van der Waals surface area (Å²) in [5.74, 6) is 0.898. The van der Waals surface area contributed by atoms with E-state index in [0.717, 1.165) is 19.3 Å². The van der Waals surface area contributed by atoms with E-state index < -0.39 is 0 Å². The van der Waals surface area contributed by atoms with Crippen molar-refractivity contribution in [1.82, 2.24) is 9.80 Å². The lowest BCUT2D eigenvalue weighted by Gasteiger charge is -2.37. The summed E-state index contributed by atoms with van der Waals surface area (Å²) >= 11 is 0. The van der Waals surface area contributed by atoms with Gasteiger partial charge in [-0.3, -0.25) is 14.4 Å². The van der Waals surface area contributed by atoms with Crippen LogP contribution in [0.3, 0.4) is 0 Å². The maximum absolute atomic E-state index is 13.0. The standard InChI is InChI=1S/C24H32N2O5/c1-16-13-26(14-17(2)31-16)23(29)21-12-24(21)8-10-25(11-9-24)22(28)15-30-20-6-4-19(5-7-20)18(3)27/h4-7,16-17,21H,8-15H2,1-3H3/t16-,17+,21-/m0/s1.